The summed E-state index contributed by atoms with van der Waals surface area (Å²) in [6.07, 6.45) is 11.0. The van der Waals surface area contributed by atoms with Crippen LogP contribution in [-0.4, -0.2) is 23.2 Å². The first-order chi connectivity index (χ1) is 9.30. The van der Waals surface area contributed by atoms with Crippen molar-refractivity contribution in [3.63, 3.8) is 0 Å². The van der Waals surface area contributed by atoms with E-state index in [1.165, 1.54) is 51.4 Å². The third-order valence-corrected chi connectivity index (χ3v) is 5.33. The second kappa shape index (κ2) is 6.36. The van der Waals surface area contributed by atoms with Gasteiger partial charge in [0.25, 0.3) is 0 Å². The minimum Gasteiger partial charge on any atom is -0.311 e. The van der Waals surface area contributed by atoms with Gasteiger partial charge in [-0.25, -0.2) is 0 Å². The molecule has 2 unspecified atom stereocenters. The number of hydrogen-bond acceptors (Lipinski definition) is 2. The minimum atomic E-state index is 0.260. The van der Waals surface area contributed by atoms with Crippen LogP contribution >= 0.6 is 0 Å². The van der Waals surface area contributed by atoms with Gasteiger partial charge in [0.15, 0.2) is 0 Å². The molecule has 1 saturated carbocycles. The van der Waals surface area contributed by atoms with Gasteiger partial charge >= 0.3 is 0 Å². The Kier molecular flexibility index (Phi) is 5.18. The van der Waals surface area contributed by atoms with Crippen molar-refractivity contribution < 1.29 is 0 Å². The molecule has 20 heavy (non-hydrogen) atoms. The fraction of sp³-hybridized carbons (Fsp3) is 1.00. The van der Waals surface area contributed by atoms with E-state index in [-0.39, 0.29) is 11.1 Å². The van der Waals surface area contributed by atoms with Gasteiger partial charge in [-0.15, -0.1) is 0 Å². The molecule has 0 amide bonds. The van der Waals surface area contributed by atoms with E-state index in [1.807, 2.05) is 0 Å². The van der Waals surface area contributed by atoms with Gasteiger partial charge < -0.3 is 10.6 Å². The Morgan fingerprint density at radius 3 is 2.15 bits per heavy atom. The molecule has 118 valence electrons. The maximum atomic E-state index is 4.01. The second-order valence-corrected chi connectivity index (χ2v) is 8.64. The van der Waals surface area contributed by atoms with Crippen LogP contribution < -0.4 is 10.6 Å². The smallest absolute Gasteiger partial charge is 0.0144 e. The van der Waals surface area contributed by atoms with E-state index >= 15 is 0 Å². The Morgan fingerprint density at radius 1 is 0.900 bits per heavy atom. The predicted molar refractivity (Wildman–Crippen MR) is 88.1 cm³/mol. The summed E-state index contributed by atoms with van der Waals surface area (Å²) in [7, 11) is 0. The van der Waals surface area contributed by atoms with Crippen molar-refractivity contribution in [2.24, 2.45) is 5.92 Å². The summed E-state index contributed by atoms with van der Waals surface area (Å²) in [5.74, 6) is 0.989. The topological polar surface area (TPSA) is 24.1 Å². The summed E-state index contributed by atoms with van der Waals surface area (Å²) < 4.78 is 0. The first-order valence-corrected chi connectivity index (χ1v) is 8.85. The largest absolute Gasteiger partial charge is 0.311 e. The van der Waals surface area contributed by atoms with Gasteiger partial charge in [-0.1, -0.05) is 26.2 Å². The van der Waals surface area contributed by atoms with Crippen LogP contribution in [0.25, 0.3) is 0 Å². The summed E-state index contributed by atoms with van der Waals surface area (Å²) in [6, 6.07) is 1.45. The highest BCUT2D eigenvalue weighted by atomic mass is 15.1. The summed E-state index contributed by atoms with van der Waals surface area (Å²) >= 11 is 0. The molecule has 0 aromatic rings. The van der Waals surface area contributed by atoms with Gasteiger partial charge in [0.1, 0.15) is 0 Å². The molecular formula is C18H36N2. The molecule has 0 aromatic carbocycles. The number of hydrogen-bond donors (Lipinski definition) is 2. The maximum Gasteiger partial charge on any atom is 0.0144 e. The van der Waals surface area contributed by atoms with Crippen molar-refractivity contribution in [2.45, 2.75) is 109 Å². The van der Waals surface area contributed by atoms with E-state index in [9.17, 15) is 0 Å². The quantitative estimate of drug-likeness (QED) is 0.755. The summed E-state index contributed by atoms with van der Waals surface area (Å²) in [5, 5.41) is 7.80. The molecule has 1 aliphatic carbocycles. The molecule has 0 bridgehead atoms. The summed E-state index contributed by atoms with van der Waals surface area (Å²) in [4.78, 5) is 0. The van der Waals surface area contributed by atoms with Crippen molar-refractivity contribution in [1.82, 2.24) is 10.6 Å². The van der Waals surface area contributed by atoms with Crippen molar-refractivity contribution in [3.8, 4) is 0 Å². The molecule has 2 heteroatoms. The molecule has 2 aliphatic rings. The predicted octanol–water partition coefficient (Wildman–Crippen LogP) is 4.24. The fourth-order valence-electron chi connectivity index (χ4n) is 4.73. The van der Waals surface area contributed by atoms with Crippen LogP contribution in [-0.2, 0) is 0 Å². The SMILES string of the molecule is CCC1CCCC(NC2CC(C)(C)NC(C)(C)C2)CC1. The molecular weight excluding hydrogens is 244 g/mol. The minimum absolute atomic E-state index is 0.260. The highest BCUT2D eigenvalue weighted by molar-refractivity contribution is 5.00. The number of piperidine rings is 1. The molecule has 1 saturated heterocycles. The monoisotopic (exact) mass is 280 g/mol. The average Bonchev–Trinajstić information content (AvgIpc) is 2.50. The summed E-state index contributed by atoms with van der Waals surface area (Å²) in [5.41, 5.74) is 0.520. The first kappa shape index (κ1) is 16.3. The molecule has 2 atom stereocenters. The van der Waals surface area contributed by atoms with Crippen molar-refractivity contribution in [3.05, 3.63) is 0 Å². The van der Waals surface area contributed by atoms with Crippen LogP contribution in [0.15, 0.2) is 0 Å². The molecule has 0 spiro atoms. The molecule has 1 aliphatic heterocycles. The van der Waals surface area contributed by atoms with Gasteiger partial charge in [0.2, 0.25) is 0 Å². The third kappa shape index (κ3) is 4.73. The average molecular weight is 281 g/mol. The highest BCUT2D eigenvalue weighted by Crippen LogP contribution is 2.31. The van der Waals surface area contributed by atoms with Crippen LogP contribution in [0.2, 0.25) is 0 Å². The number of nitrogens with one attached hydrogen (secondary N) is 2. The van der Waals surface area contributed by atoms with Crippen LogP contribution in [0.3, 0.4) is 0 Å². The van der Waals surface area contributed by atoms with Crippen LogP contribution in [0.1, 0.15) is 86.0 Å². The van der Waals surface area contributed by atoms with E-state index in [4.69, 9.17) is 0 Å². The van der Waals surface area contributed by atoms with Crippen LogP contribution in [0, 0.1) is 5.92 Å². The first-order valence-electron chi connectivity index (χ1n) is 8.85. The zero-order valence-electron chi connectivity index (χ0n) is 14.4. The van der Waals surface area contributed by atoms with Crippen molar-refractivity contribution in [2.75, 3.05) is 0 Å². The Bertz CT molecular complexity index is 293. The van der Waals surface area contributed by atoms with E-state index in [0.29, 0.717) is 6.04 Å². The lowest BCUT2D eigenvalue weighted by Gasteiger charge is -2.47. The van der Waals surface area contributed by atoms with E-state index in [2.05, 4.69) is 45.3 Å². The van der Waals surface area contributed by atoms with Gasteiger partial charge in [-0.3, -0.25) is 0 Å². The van der Waals surface area contributed by atoms with E-state index < -0.39 is 0 Å². The lowest BCUT2D eigenvalue weighted by molar-refractivity contribution is 0.137. The molecule has 0 aromatic heterocycles. The lowest BCUT2D eigenvalue weighted by atomic mass is 9.79. The van der Waals surface area contributed by atoms with Gasteiger partial charge in [0, 0.05) is 23.2 Å². The van der Waals surface area contributed by atoms with Crippen molar-refractivity contribution in [1.29, 1.82) is 0 Å². The molecule has 2 nitrogen and oxygen atoms in total. The third-order valence-electron chi connectivity index (χ3n) is 5.33. The molecule has 2 fully saturated rings. The standard InChI is InChI=1S/C18H36N2/c1-6-14-8-7-9-15(11-10-14)19-16-12-17(2,3)20-18(4,5)13-16/h14-16,19-20H,6-13H2,1-5H3. The second-order valence-electron chi connectivity index (χ2n) is 8.64. The summed E-state index contributed by atoms with van der Waals surface area (Å²) in [6.45, 7) is 11.8. The fourth-order valence-corrected chi connectivity index (χ4v) is 4.73. The Hall–Kier alpha value is -0.0800. The normalized spacial score (nSPS) is 34.6. The van der Waals surface area contributed by atoms with E-state index in [1.54, 1.807) is 0 Å². The Balaban J connectivity index is 1.89. The molecule has 2 N–H and O–H groups in total. The maximum absolute atomic E-state index is 4.01. The van der Waals surface area contributed by atoms with Gasteiger partial charge in [0.05, 0.1) is 0 Å². The lowest BCUT2D eigenvalue weighted by Crippen LogP contribution is -2.62. The van der Waals surface area contributed by atoms with Gasteiger partial charge in [-0.05, 0) is 65.7 Å². The number of rotatable bonds is 3. The van der Waals surface area contributed by atoms with Crippen LogP contribution in [0.4, 0.5) is 0 Å². The Morgan fingerprint density at radius 2 is 1.55 bits per heavy atom. The zero-order chi connectivity index (χ0) is 14.8. The van der Waals surface area contributed by atoms with Gasteiger partial charge in [-0.2, -0.15) is 0 Å². The van der Waals surface area contributed by atoms with E-state index in [0.717, 1.165) is 12.0 Å². The Labute approximate surface area is 126 Å². The van der Waals surface area contributed by atoms with Crippen LogP contribution in [0.5, 0.6) is 0 Å². The molecule has 2 rings (SSSR count). The highest BCUT2D eigenvalue weighted by Gasteiger charge is 2.38. The van der Waals surface area contributed by atoms with Crippen molar-refractivity contribution >= 4 is 0 Å². The zero-order valence-corrected chi connectivity index (χ0v) is 14.4. The molecule has 1 heterocycles. The molecule has 0 radical (unpaired) electrons.